The van der Waals surface area contributed by atoms with Crippen LogP contribution in [0.2, 0.25) is 0 Å². The molecule has 1 aliphatic heterocycles. The second-order valence-electron chi connectivity index (χ2n) is 8.87. The number of aromatic nitrogens is 1. The van der Waals surface area contributed by atoms with Crippen molar-refractivity contribution in [1.82, 2.24) is 9.88 Å². The van der Waals surface area contributed by atoms with Gasteiger partial charge in [-0.15, -0.1) is 0 Å². The average molecular weight is 439 g/mol. The molecule has 0 spiro atoms. The van der Waals surface area contributed by atoms with E-state index in [2.05, 4.69) is 132 Å². The topological polar surface area (TPSA) is 16.1 Å². The Hall–Kier alpha value is -4.01. The highest BCUT2D eigenvalue weighted by atomic mass is 15.2. The summed E-state index contributed by atoms with van der Waals surface area (Å²) >= 11 is 0. The van der Waals surface area contributed by atoms with E-state index in [0.717, 1.165) is 24.3 Å². The first-order valence-corrected chi connectivity index (χ1v) is 11.8. The van der Waals surface area contributed by atoms with Gasteiger partial charge in [-0.3, -0.25) is 9.88 Å². The van der Waals surface area contributed by atoms with E-state index >= 15 is 0 Å². The highest BCUT2D eigenvalue weighted by Gasteiger charge is 2.44. The molecule has 0 bridgehead atoms. The zero-order chi connectivity index (χ0) is 22.8. The number of benzene rings is 4. The van der Waals surface area contributed by atoms with Crippen LogP contribution in [0.15, 0.2) is 134 Å². The van der Waals surface area contributed by atoms with Gasteiger partial charge in [-0.1, -0.05) is 121 Å². The van der Waals surface area contributed by atoms with Crippen LogP contribution in [-0.2, 0) is 18.6 Å². The molecule has 164 valence electrons. The maximum atomic E-state index is 4.83. The first-order valence-electron chi connectivity index (χ1n) is 11.8. The minimum atomic E-state index is -0.407. The van der Waals surface area contributed by atoms with E-state index in [0.29, 0.717) is 0 Å². The van der Waals surface area contributed by atoms with Crippen molar-refractivity contribution in [1.29, 1.82) is 0 Å². The molecule has 0 atom stereocenters. The van der Waals surface area contributed by atoms with Crippen molar-refractivity contribution in [3.05, 3.63) is 161 Å². The van der Waals surface area contributed by atoms with Crippen molar-refractivity contribution in [3.63, 3.8) is 0 Å². The van der Waals surface area contributed by atoms with Crippen molar-refractivity contribution < 1.29 is 0 Å². The van der Waals surface area contributed by atoms with Crippen LogP contribution in [-0.4, -0.2) is 9.88 Å². The standard InChI is InChI=1S/C32H26N2/c1-5-13-25(14-6-1)31-21-26-23-34(24-27(26)22-33-31)32(28-15-7-2-8-16-28,29-17-9-3-10-18-29)30-19-11-4-12-20-30/h1-22H,23-24H2. The highest BCUT2D eigenvalue weighted by molar-refractivity contribution is 5.61. The van der Waals surface area contributed by atoms with E-state index in [9.17, 15) is 0 Å². The molecule has 1 aliphatic rings. The van der Waals surface area contributed by atoms with E-state index < -0.39 is 5.54 Å². The van der Waals surface area contributed by atoms with Crippen LogP contribution in [0.1, 0.15) is 27.8 Å². The predicted molar refractivity (Wildman–Crippen MR) is 138 cm³/mol. The minimum Gasteiger partial charge on any atom is -0.277 e. The molecule has 0 fully saturated rings. The van der Waals surface area contributed by atoms with Gasteiger partial charge < -0.3 is 0 Å². The van der Waals surface area contributed by atoms with Crippen LogP contribution in [0.5, 0.6) is 0 Å². The summed E-state index contributed by atoms with van der Waals surface area (Å²) in [6.07, 6.45) is 2.07. The molecule has 0 saturated carbocycles. The second-order valence-corrected chi connectivity index (χ2v) is 8.87. The van der Waals surface area contributed by atoms with E-state index in [1.807, 2.05) is 6.07 Å². The van der Waals surface area contributed by atoms with Gasteiger partial charge in [0.05, 0.1) is 11.2 Å². The molecule has 2 heterocycles. The lowest BCUT2D eigenvalue weighted by Gasteiger charge is -2.43. The fourth-order valence-electron chi connectivity index (χ4n) is 5.37. The van der Waals surface area contributed by atoms with Gasteiger partial charge >= 0.3 is 0 Å². The fourth-order valence-corrected chi connectivity index (χ4v) is 5.37. The lowest BCUT2D eigenvalue weighted by atomic mass is 9.75. The first kappa shape index (κ1) is 20.6. The van der Waals surface area contributed by atoms with Crippen molar-refractivity contribution in [2.24, 2.45) is 0 Å². The maximum absolute atomic E-state index is 4.83. The summed E-state index contributed by atoms with van der Waals surface area (Å²) in [7, 11) is 0. The van der Waals surface area contributed by atoms with Crippen LogP contribution in [0.25, 0.3) is 11.3 Å². The molecule has 4 aromatic carbocycles. The third-order valence-corrected chi connectivity index (χ3v) is 6.92. The van der Waals surface area contributed by atoms with Gasteiger partial charge in [0.2, 0.25) is 0 Å². The largest absolute Gasteiger partial charge is 0.277 e. The number of hydrogen-bond donors (Lipinski definition) is 0. The van der Waals surface area contributed by atoms with Crippen LogP contribution in [0.3, 0.4) is 0 Å². The van der Waals surface area contributed by atoms with E-state index in [4.69, 9.17) is 4.98 Å². The van der Waals surface area contributed by atoms with E-state index in [1.165, 1.54) is 27.8 Å². The SMILES string of the molecule is c1ccc(-c2cc3c(cn2)CN(C(c2ccccc2)(c2ccccc2)c2ccccc2)C3)cc1. The molecule has 2 heteroatoms. The van der Waals surface area contributed by atoms with Crippen molar-refractivity contribution in [2.75, 3.05) is 0 Å². The van der Waals surface area contributed by atoms with Crippen LogP contribution >= 0.6 is 0 Å². The van der Waals surface area contributed by atoms with Gasteiger partial charge in [0.25, 0.3) is 0 Å². The molecule has 0 unspecified atom stereocenters. The maximum Gasteiger partial charge on any atom is 0.0978 e. The van der Waals surface area contributed by atoms with Crippen LogP contribution < -0.4 is 0 Å². The van der Waals surface area contributed by atoms with Crippen LogP contribution in [0.4, 0.5) is 0 Å². The van der Waals surface area contributed by atoms with Crippen molar-refractivity contribution >= 4 is 0 Å². The lowest BCUT2D eigenvalue weighted by molar-refractivity contribution is 0.157. The van der Waals surface area contributed by atoms with Crippen LogP contribution in [0, 0.1) is 0 Å². The molecule has 34 heavy (non-hydrogen) atoms. The lowest BCUT2D eigenvalue weighted by Crippen LogP contribution is -2.45. The number of rotatable bonds is 5. The Morgan fingerprint density at radius 3 is 1.47 bits per heavy atom. The number of fused-ring (bicyclic) bond motifs is 1. The molecule has 5 aromatic rings. The fraction of sp³-hybridized carbons (Fsp3) is 0.0938. The molecule has 0 N–H and O–H groups in total. The number of pyridine rings is 1. The Morgan fingerprint density at radius 1 is 0.529 bits per heavy atom. The summed E-state index contributed by atoms with van der Waals surface area (Å²) in [5.41, 5.74) is 8.25. The predicted octanol–water partition coefficient (Wildman–Crippen LogP) is 7.06. The summed E-state index contributed by atoms with van der Waals surface area (Å²) in [5.74, 6) is 0. The smallest absolute Gasteiger partial charge is 0.0978 e. The molecule has 6 rings (SSSR count). The van der Waals surface area contributed by atoms with Gasteiger partial charge in [0.1, 0.15) is 0 Å². The summed E-state index contributed by atoms with van der Waals surface area (Å²) in [6, 6.07) is 45.5. The Morgan fingerprint density at radius 2 is 0.971 bits per heavy atom. The van der Waals surface area contributed by atoms with E-state index in [1.54, 1.807) is 0 Å². The Kier molecular flexibility index (Phi) is 5.29. The first-order chi connectivity index (χ1) is 16.9. The molecule has 0 saturated heterocycles. The van der Waals surface area contributed by atoms with Crippen molar-refractivity contribution in [2.45, 2.75) is 18.6 Å². The Labute approximate surface area is 201 Å². The Bertz CT molecular complexity index is 1280. The van der Waals surface area contributed by atoms with Gasteiger partial charge in [0, 0.05) is 24.8 Å². The average Bonchev–Trinajstić information content (AvgIpc) is 3.35. The van der Waals surface area contributed by atoms with Gasteiger partial charge in [-0.05, 0) is 33.9 Å². The second kappa shape index (κ2) is 8.74. The summed E-state index contributed by atoms with van der Waals surface area (Å²) in [5, 5.41) is 0. The molecule has 0 aliphatic carbocycles. The monoisotopic (exact) mass is 438 g/mol. The van der Waals surface area contributed by atoms with Crippen molar-refractivity contribution in [3.8, 4) is 11.3 Å². The molecule has 0 amide bonds. The molecule has 1 aromatic heterocycles. The van der Waals surface area contributed by atoms with Gasteiger partial charge in [0.15, 0.2) is 0 Å². The van der Waals surface area contributed by atoms with Gasteiger partial charge in [-0.2, -0.15) is 0 Å². The zero-order valence-corrected chi connectivity index (χ0v) is 19.0. The van der Waals surface area contributed by atoms with Gasteiger partial charge in [-0.25, -0.2) is 0 Å². The third kappa shape index (κ3) is 3.44. The highest BCUT2D eigenvalue weighted by Crippen LogP contribution is 2.46. The summed E-state index contributed by atoms with van der Waals surface area (Å²) in [4.78, 5) is 7.43. The molecular weight excluding hydrogens is 412 g/mol. The normalized spacial score (nSPS) is 13.5. The summed E-state index contributed by atoms with van der Waals surface area (Å²) in [6.45, 7) is 1.70. The quantitative estimate of drug-likeness (QED) is 0.273. The molecule has 0 radical (unpaired) electrons. The number of nitrogens with zero attached hydrogens (tertiary/aromatic N) is 2. The third-order valence-electron chi connectivity index (χ3n) is 6.92. The van der Waals surface area contributed by atoms with E-state index in [-0.39, 0.29) is 0 Å². The summed E-state index contributed by atoms with van der Waals surface area (Å²) < 4.78 is 0. The number of hydrogen-bond acceptors (Lipinski definition) is 2. The molecule has 2 nitrogen and oxygen atoms in total. The minimum absolute atomic E-state index is 0.407. The molecular formula is C32H26N2. The Balaban J connectivity index is 1.52. The zero-order valence-electron chi connectivity index (χ0n) is 19.0.